The van der Waals surface area contributed by atoms with Crippen molar-refractivity contribution >= 4 is 5.97 Å². The minimum absolute atomic E-state index is 0.0263. The minimum Gasteiger partial charge on any atom is -0.481 e. The summed E-state index contributed by atoms with van der Waals surface area (Å²) in [6.07, 6.45) is 16.6. The topological polar surface area (TPSA) is 57.5 Å². The fourth-order valence-electron chi connectivity index (χ4n) is 2.29. The molecule has 0 saturated carbocycles. The predicted octanol–water partition coefficient (Wildman–Crippen LogP) is 5.55. The molecule has 1 atom stereocenters. The Labute approximate surface area is 132 Å². The fourth-order valence-corrected chi connectivity index (χ4v) is 2.29. The molecule has 0 heterocycles. The number of hydrogen-bond acceptors (Lipinski definition) is 2. The van der Waals surface area contributed by atoms with E-state index in [1.807, 2.05) is 0 Å². The van der Waals surface area contributed by atoms with E-state index in [0.717, 1.165) is 19.8 Å². The molecule has 0 spiro atoms. The van der Waals surface area contributed by atoms with Crippen molar-refractivity contribution in [3.05, 3.63) is 0 Å². The quantitative estimate of drug-likeness (QED) is 0.438. The lowest BCUT2D eigenvalue weighted by atomic mass is 10.0. The third kappa shape index (κ3) is 28.3. The van der Waals surface area contributed by atoms with Gasteiger partial charge in [0.25, 0.3) is 5.97 Å². The summed E-state index contributed by atoms with van der Waals surface area (Å²) in [5.74, 6) is -0.833. The molecule has 0 aliphatic rings. The first kappa shape index (κ1) is 22.7. The second-order valence-electron chi connectivity index (χ2n) is 5.93. The summed E-state index contributed by atoms with van der Waals surface area (Å²) in [5.41, 5.74) is 0. The summed E-state index contributed by atoms with van der Waals surface area (Å²) in [6, 6.07) is 0. The highest BCUT2D eigenvalue weighted by atomic mass is 16.4. The van der Waals surface area contributed by atoms with Crippen LogP contribution in [0.2, 0.25) is 0 Å². The van der Waals surface area contributed by atoms with Crippen molar-refractivity contribution in [3.8, 4) is 0 Å². The highest BCUT2D eigenvalue weighted by molar-refractivity contribution is 5.62. The van der Waals surface area contributed by atoms with Gasteiger partial charge in [-0.3, -0.25) is 4.79 Å². The molecule has 0 bridgehead atoms. The van der Waals surface area contributed by atoms with Gasteiger partial charge in [-0.15, -0.1) is 0 Å². The molecule has 0 amide bonds. The smallest absolute Gasteiger partial charge is 0.300 e. The van der Waals surface area contributed by atoms with Crippen LogP contribution in [0.1, 0.15) is 104 Å². The number of aliphatic hydroxyl groups excluding tert-OH is 1. The van der Waals surface area contributed by atoms with Crippen molar-refractivity contribution in [2.45, 2.75) is 110 Å². The average Bonchev–Trinajstić information content (AvgIpc) is 2.41. The Morgan fingerprint density at radius 3 is 1.48 bits per heavy atom. The molecular formula is C18H38O3. The van der Waals surface area contributed by atoms with E-state index in [2.05, 4.69) is 13.8 Å². The van der Waals surface area contributed by atoms with E-state index in [1.54, 1.807) is 0 Å². The lowest BCUT2D eigenvalue weighted by molar-refractivity contribution is -0.134. The molecule has 0 aliphatic heterocycles. The normalized spacial score (nSPS) is 11.6. The first-order valence-electron chi connectivity index (χ1n) is 8.92. The molecule has 1 unspecified atom stereocenters. The number of unbranched alkanes of at least 4 members (excludes halogenated alkanes) is 9. The number of rotatable bonds is 13. The number of carboxylic acid groups (broad SMARTS) is 1. The first-order chi connectivity index (χ1) is 10.0. The van der Waals surface area contributed by atoms with Crippen LogP contribution < -0.4 is 0 Å². The van der Waals surface area contributed by atoms with E-state index in [1.165, 1.54) is 70.6 Å². The number of hydrogen-bond donors (Lipinski definition) is 2. The molecule has 3 nitrogen and oxygen atoms in total. The Kier molecular flexibility index (Phi) is 21.0. The van der Waals surface area contributed by atoms with Gasteiger partial charge in [-0.1, -0.05) is 84.5 Å². The average molecular weight is 302 g/mol. The highest BCUT2D eigenvalue weighted by Crippen LogP contribution is 2.13. The van der Waals surface area contributed by atoms with Gasteiger partial charge >= 0.3 is 0 Å². The van der Waals surface area contributed by atoms with Gasteiger partial charge in [0.05, 0.1) is 6.10 Å². The largest absolute Gasteiger partial charge is 0.481 e. The van der Waals surface area contributed by atoms with Gasteiger partial charge in [-0.2, -0.15) is 0 Å². The molecule has 0 saturated heterocycles. The molecule has 128 valence electrons. The number of carboxylic acids is 1. The molecule has 0 radical (unpaired) electrons. The summed E-state index contributed by atoms with van der Waals surface area (Å²) in [4.78, 5) is 9.00. The lowest BCUT2D eigenvalue weighted by Gasteiger charge is -2.09. The van der Waals surface area contributed by atoms with E-state index in [0.29, 0.717) is 0 Å². The summed E-state index contributed by atoms with van der Waals surface area (Å²) >= 11 is 0. The van der Waals surface area contributed by atoms with Crippen LogP contribution in [0.3, 0.4) is 0 Å². The Hall–Kier alpha value is -0.570. The van der Waals surface area contributed by atoms with E-state index in [9.17, 15) is 5.11 Å². The molecule has 0 aromatic rings. The third-order valence-electron chi connectivity index (χ3n) is 3.53. The van der Waals surface area contributed by atoms with Crippen molar-refractivity contribution < 1.29 is 15.0 Å². The van der Waals surface area contributed by atoms with Crippen molar-refractivity contribution in [1.82, 2.24) is 0 Å². The van der Waals surface area contributed by atoms with Crippen LogP contribution in [-0.4, -0.2) is 22.3 Å². The highest BCUT2D eigenvalue weighted by Gasteiger charge is 2.02. The van der Waals surface area contributed by atoms with Crippen LogP contribution in [0.4, 0.5) is 0 Å². The fraction of sp³-hybridized carbons (Fsp3) is 0.944. The lowest BCUT2D eigenvalue weighted by Crippen LogP contribution is -2.05. The predicted molar refractivity (Wildman–Crippen MR) is 90.7 cm³/mol. The summed E-state index contributed by atoms with van der Waals surface area (Å²) in [6.45, 7) is 5.56. The zero-order valence-corrected chi connectivity index (χ0v) is 14.6. The monoisotopic (exact) mass is 302 g/mol. The van der Waals surface area contributed by atoms with Crippen LogP contribution in [0.15, 0.2) is 0 Å². The van der Waals surface area contributed by atoms with Crippen LogP contribution in [0.25, 0.3) is 0 Å². The number of carbonyl (C=O) groups is 1. The van der Waals surface area contributed by atoms with Crippen molar-refractivity contribution in [1.29, 1.82) is 0 Å². The second-order valence-corrected chi connectivity index (χ2v) is 5.93. The molecule has 0 rings (SSSR count). The van der Waals surface area contributed by atoms with Gasteiger partial charge in [0.1, 0.15) is 0 Å². The molecule has 3 heteroatoms. The van der Waals surface area contributed by atoms with Gasteiger partial charge in [-0.25, -0.2) is 0 Å². The van der Waals surface area contributed by atoms with Gasteiger partial charge in [-0.05, 0) is 12.8 Å². The maximum atomic E-state index is 9.75. The van der Waals surface area contributed by atoms with Gasteiger partial charge in [0.2, 0.25) is 0 Å². The maximum absolute atomic E-state index is 9.75. The molecule has 0 aromatic heterocycles. The Balaban J connectivity index is 0. The van der Waals surface area contributed by atoms with E-state index in [-0.39, 0.29) is 6.10 Å². The van der Waals surface area contributed by atoms with Crippen LogP contribution in [0, 0.1) is 0 Å². The van der Waals surface area contributed by atoms with Crippen molar-refractivity contribution in [3.63, 3.8) is 0 Å². The Morgan fingerprint density at radius 2 is 1.05 bits per heavy atom. The van der Waals surface area contributed by atoms with Crippen molar-refractivity contribution in [2.75, 3.05) is 0 Å². The zero-order chi connectivity index (χ0) is 16.3. The van der Waals surface area contributed by atoms with Crippen LogP contribution in [-0.2, 0) is 4.79 Å². The zero-order valence-electron chi connectivity index (χ0n) is 14.6. The molecular weight excluding hydrogens is 264 g/mol. The summed E-state index contributed by atoms with van der Waals surface area (Å²) in [5, 5.41) is 17.2. The van der Waals surface area contributed by atoms with Gasteiger partial charge in [0, 0.05) is 6.92 Å². The van der Waals surface area contributed by atoms with E-state index >= 15 is 0 Å². The Morgan fingerprint density at radius 1 is 0.762 bits per heavy atom. The minimum atomic E-state index is -0.833. The number of aliphatic carboxylic acids is 1. The van der Waals surface area contributed by atoms with Crippen LogP contribution >= 0.6 is 0 Å². The molecule has 2 N–H and O–H groups in total. The number of aliphatic hydroxyl groups is 1. The van der Waals surface area contributed by atoms with Gasteiger partial charge in [0.15, 0.2) is 0 Å². The van der Waals surface area contributed by atoms with Crippen LogP contribution in [0.5, 0.6) is 0 Å². The summed E-state index contributed by atoms with van der Waals surface area (Å²) < 4.78 is 0. The molecule has 0 aliphatic carbocycles. The maximum Gasteiger partial charge on any atom is 0.300 e. The van der Waals surface area contributed by atoms with E-state index < -0.39 is 5.97 Å². The third-order valence-corrected chi connectivity index (χ3v) is 3.53. The summed E-state index contributed by atoms with van der Waals surface area (Å²) in [7, 11) is 0. The second kappa shape index (κ2) is 19.4. The van der Waals surface area contributed by atoms with E-state index in [4.69, 9.17) is 9.90 Å². The SMILES string of the molecule is CC(=O)O.CCCCCCCCCCC(O)CCCCC. The molecule has 21 heavy (non-hydrogen) atoms. The van der Waals surface area contributed by atoms with Crippen molar-refractivity contribution in [2.24, 2.45) is 0 Å². The first-order valence-corrected chi connectivity index (χ1v) is 8.92. The standard InChI is InChI=1S/C16H34O.C2H4O2/c1-3-5-7-8-9-10-11-13-15-16(17)14-12-6-4-2;1-2(3)4/h16-17H,3-15H2,1-2H3;1H3,(H,3,4). The molecule has 0 aromatic carbocycles. The Bertz CT molecular complexity index is 201. The molecule has 0 fully saturated rings. The van der Waals surface area contributed by atoms with Gasteiger partial charge < -0.3 is 10.2 Å².